The molecule has 0 unspecified atom stereocenters. The van der Waals surface area contributed by atoms with Gasteiger partial charge in [-0.1, -0.05) is 12.1 Å². The van der Waals surface area contributed by atoms with Crippen molar-refractivity contribution in [2.24, 2.45) is 5.73 Å². The minimum Gasteiger partial charge on any atom is -0.508 e. The van der Waals surface area contributed by atoms with Crippen molar-refractivity contribution in [3.05, 3.63) is 65.5 Å². The molecule has 1 aromatic heterocycles. The average Bonchev–Trinajstić information content (AvgIpc) is 2.60. The van der Waals surface area contributed by atoms with E-state index < -0.39 is 5.91 Å². The Kier molecular flexibility index (Phi) is 4.15. The second-order valence-corrected chi connectivity index (χ2v) is 5.99. The number of rotatable bonds is 3. The lowest BCUT2D eigenvalue weighted by molar-refractivity contribution is 0.100. The Hall–Kier alpha value is -3.34. The molecule has 1 amide bonds. The summed E-state index contributed by atoms with van der Waals surface area (Å²) in [6, 6.07) is 10.7. The van der Waals surface area contributed by atoms with Crippen molar-refractivity contribution >= 4 is 11.6 Å². The van der Waals surface area contributed by atoms with Crippen LogP contribution < -0.4 is 11.5 Å². The standard InChI is InChI=1S/C20H19N3O2/c1-11-5-6-17(24)12(2)18(11)15-8-14(13-4-3-7-23-10-13)9-16(19(15)21)20(22)25/h3-10,24H,21H2,1-2H3,(H2,22,25). The summed E-state index contributed by atoms with van der Waals surface area (Å²) in [6.07, 6.45) is 3.39. The number of carbonyl (C=O) groups excluding carboxylic acids is 1. The zero-order valence-electron chi connectivity index (χ0n) is 14.1. The maximum Gasteiger partial charge on any atom is 0.250 e. The monoisotopic (exact) mass is 333 g/mol. The molecule has 0 atom stereocenters. The van der Waals surface area contributed by atoms with Gasteiger partial charge in [-0.3, -0.25) is 9.78 Å². The van der Waals surface area contributed by atoms with Crippen LogP contribution in [0.3, 0.4) is 0 Å². The van der Waals surface area contributed by atoms with E-state index >= 15 is 0 Å². The summed E-state index contributed by atoms with van der Waals surface area (Å²) in [4.78, 5) is 16.0. The number of primary amides is 1. The number of hydrogen-bond acceptors (Lipinski definition) is 4. The van der Waals surface area contributed by atoms with E-state index in [1.54, 1.807) is 24.5 Å². The van der Waals surface area contributed by atoms with Crippen molar-refractivity contribution in [2.75, 3.05) is 5.73 Å². The first-order valence-corrected chi connectivity index (χ1v) is 7.83. The van der Waals surface area contributed by atoms with Crippen LogP contribution in [0.4, 0.5) is 5.69 Å². The molecule has 126 valence electrons. The summed E-state index contributed by atoms with van der Waals surface area (Å²) in [5.74, 6) is -0.424. The first kappa shape index (κ1) is 16.5. The fourth-order valence-electron chi connectivity index (χ4n) is 3.01. The largest absolute Gasteiger partial charge is 0.508 e. The van der Waals surface area contributed by atoms with Gasteiger partial charge in [0.2, 0.25) is 0 Å². The number of aryl methyl sites for hydroxylation is 1. The second kappa shape index (κ2) is 6.28. The number of anilines is 1. The highest BCUT2D eigenvalue weighted by atomic mass is 16.3. The van der Waals surface area contributed by atoms with Crippen LogP contribution in [0.5, 0.6) is 5.75 Å². The zero-order chi connectivity index (χ0) is 18.1. The summed E-state index contributed by atoms with van der Waals surface area (Å²) in [7, 11) is 0. The maximum absolute atomic E-state index is 11.9. The van der Waals surface area contributed by atoms with Crippen LogP contribution in [-0.4, -0.2) is 16.0 Å². The lowest BCUT2D eigenvalue weighted by Crippen LogP contribution is -2.14. The molecule has 5 nitrogen and oxygen atoms in total. The molecular formula is C20H19N3O2. The molecule has 0 radical (unpaired) electrons. The molecule has 5 N–H and O–H groups in total. The number of benzene rings is 2. The number of phenolic OH excluding ortho intramolecular Hbond substituents is 1. The number of nitrogens with zero attached hydrogens (tertiary/aromatic N) is 1. The Bertz CT molecular complexity index is 966. The Morgan fingerprint density at radius 3 is 2.52 bits per heavy atom. The first-order chi connectivity index (χ1) is 11.9. The highest BCUT2D eigenvalue weighted by molar-refractivity contribution is 6.04. The fraction of sp³-hybridized carbons (Fsp3) is 0.100. The molecule has 0 aliphatic carbocycles. The predicted molar refractivity (Wildman–Crippen MR) is 99.2 cm³/mol. The van der Waals surface area contributed by atoms with Crippen LogP contribution in [-0.2, 0) is 0 Å². The summed E-state index contributed by atoms with van der Waals surface area (Å²) in [5.41, 5.74) is 17.1. The minimum absolute atomic E-state index is 0.174. The topological polar surface area (TPSA) is 102 Å². The molecule has 3 rings (SSSR count). The van der Waals surface area contributed by atoms with Crippen molar-refractivity contribution < 1.29 is 9.90 Å². The predicted octanol–water partition coefficient (Wildman–Crippen LogP) is 3.42. The van der Waals surface area contributed by atoms with Crippen molar-refractivity contribution in [1.29, 1.82) is 0 Å². The molecule has 0 bridgehead atoms. The van der Waals surface area contributed by atoms with Gasteiger partial charge in [0.25, 0.3) is 5.91 Å². The Morgan fingerprint density at radius 2 is 1.88 bits per heavy atom. The minimum atomic E-state index is -0.597. The summed E-state index contributed by atoms with van der Waals surface area (Å²) >= 11 is 0. The number of carbonyl (C=O) groups is 1. The third kappa shape index (κ3) is 2.92. The molecule has 0 spiro atoms. The van der Waals surface area contributed by atoms with Crippen molar-refractivity contribution in [1.82, 2.24) is 4.98 Å². The Balaban J connectivity index is 2.36. The number of pyridine rings is 1. The molecule has 0 saturated carbocycles. The molecule has 0 saturated heterocycles. The van der Waals surface area contributed by atoms with E-state index in [-0.39, 0.29) is 11.3 Å². The van der Waals surface area contributed by atoms with Gasteiger partial charge in [-0.15, -0.1) is 0 Å². The van der Waals surface area contributed by atoms with Crippen molar-refractivity contribution in [3.63, 3.8) is 0 Å². The van der Waals surface area contributed by atoms with E-state index in [0.717, 1.165) is 22.3 Å². The molecule has 1 heterocycles. The molecule has 0 aliphatic rings. The third-order valence-electron chi connectivity index (χ3n) is 4.35. The third-order valence-corrected chi connectivity index (χ3v) is 4.35. The second-order valence-electron chi connectivity index (χ2n) is 5.99. The molecule has 5 heteroatoms. The van der Waals surface area contributed by atoms with Crippen molar-refractivity contribution in [3.8, 4) is 28.0 Å². The van der Waals surface area contributed by atoms with Gasteiger partial charge in [-0.2, -0.15) is 0 Å². The van der Waals surface area contributed by atoms with Crippen LogP contribution in [0, 0.1) is 13.8 Å². The van der Waals surface area contributed by atoms with Gasteiger partial charge < -0.3 is 16.6 Å². The molecule has 2 aromatic carbocycles. The van der Waals surface area contributed by atoms with Crippen molar-refractivity contribution in [2.45, 2.75) is 13.8 Å². The van der Waals surface area contributed by atoms with Crippen LogP contribution in [0.1, 0.15) is 21.5 Å². The lowest BCUT2D eigenvalue weighted by Gasteiger charge is -2.17. The number of aromatic nitrogens is 1. The van der Waals surface area contributed by atoms with Gasteiger partial charge in [0.15, 0.2) is 0 Å². The molecule has 25 heavy (non-hydrogen) atoms. The number of phenols is 1. The molecular weight excluding hydrogens is 314 g/mol. The SMILES string of the molecule is Cc1ccc(O)c(C)c1-c1cc(-c2cccnc2)cc(C(N)=O)c1N. The number of aromatic hydroxyl groups is 1. The van der Waals surface area contributed by atoms with E-state index in [9.17, 15) is 9.90 Å². The van der Waals surface area contributed by atoms with Gasteiger partial charge in [0.1, 0.15) is 5.75 Å². The quantitative estimate of drug-likeness (QED) is 0.639. The van der Waals surface area contributed by atoms with Gasteiger partial charge in [-0.25, -0.2) is 0 Å². The smallest absolute Gasteiger partial charge is 0.250 e. The van der Waals surface area contributed by atoms with Crippen LogP contribution in [0.25, 0.3) is 22.3 Å². The van der Waals surface area contributed by atoms with Gasteiger partial charge in [-0.05, 0) is 60.4 Å². The molecule has 3 aromatic rings. The average molecular weight is 333 g/mol. The van der Waals surface area contributed by atoms with E-state index in [4.69, 9.17) is 11.5 Å². The number of amides is 1. The number of nitrogens with two attached hydrogens (primary N) is 2. The van der Waals surface area contributed by atoms with E-state index in [0.29, 0.717) is 16.8 Å². The van der Waals surface area contributed by atoms with Gasteiger partial charge in [0, 0.05) is 23.5 Å². The van der Waals surface area contributed by atoms with Crippen LogP contribution >= 0.6 is 0 Å². The maximum atomic E-state index is 11.9. The Labute approximate surface area is 145 Å². The van der Waals surface area contributed by atoms with E-state index in [2.05, 4.69) is 4.98 Å². The zero-order valence-corrected chi connectivity index (χ0v) is 14.1. The van der Waals surface area contributed by atoms with Crippen LogP contribution in [0.15, 0.2) is 48.8 Å². The summed E-state index contributed by atoms with van der Waals surface area (Å²) in [5, 5.41) is 10.1. The first-order valence-electron chi connectivity index (χ1n) is 7.83. The highest BCUT2D eigenvalue weighted by Crippen LogP contribution is 2.39. The van der Waals surface area contributed by atoms with Gasteiger partial charge in [0.05, 0.1) is 11.3 Å². The molecule has 0 aliphatic heterocycles. The highest BCUT2D eigenvalue weighted by Gasteiger charge is 2.18. The summed E-state index contributed by atoms with van der Waals surface area (Å²) in [6.45, 7) is 3.75. The van der Waals surface area contributed by atoms with E-state index in [1.165, 1.54) is 0 Å². The fourth-order valence-corrected chi connectivity index (χ4v) is 3.01. The summed E-state index contributed by atoms with van der Waals surface area (Å²) < 4.78 is 0. The van der Waals surface area contributed by atoms with Gasteiger partial charge >= 0.3 is 0 Å². The number of nitrogen functional groups attached to an aromatic ring is 1. The van der Waals surface area contributed by atoms with Crippen LogP contribution in [0.2, 0.25) is 0 Å². The lowest BCUT2D eigenvalue weighted by atomic mass is 9.89. The molecule has 0 fully saturated rings. The Morgan fingerprint density at radius 1 is 1.12 bits per heavy atom. The van der Waals surface area contributed by atoms with E-state index in [1.807, 2.05) is 38.1 Å². The number of hydrogen-bond donors (Lipinski definition) is 3. The normalized spacial score (nSPS) is 10.6.